The highest BCUT2D eigenvalue weighted by Crippen LogP contribution is 2.14. The quantitative estimate of drug-likeness (QED) is 0.787. The van der Waals surface area contributed by atoms with Gasteiger partial charge in [-0.3, -0.25) is 4.90 Å². The van der Waals surface area contributed by atoms with Gasteiger partial charge in [-0.1, -0.05) is 25.1 Å². The minimum Gasteiger partial charge on any atom is -0.372 e. The molecule has 1 aliphatic rings. The molecule has 0 saturated carbocycles. The highest BCUT2D eigenvalue weighted by molar-refractivity contribution is 5.42. The number of hydrogen-bond acceptors (Lipinski definition) is 2. The molecule has 0 aromatic heterocycles. The fourth-order valence-corrected chi connectivity index (χ4v) is 1.93. The molecule has 1 N–H and O–H groups in total. The monoisotopic (exact) mass is 190 g/mol. The molecule has 1 aromatic carbocycles. The molecule has 1 unspecified atom stereocenters. The van der Waals surface area contributed by atoms with Crippen LogP contribution in [0.15, 0.2) is 30.3 Å². The Morgan fingerprint density at radius 1 is 1.36 bits per heavy atom. The Hall–Kier alpha value is -1.02. The predicted octanol–water partition coefficient (Wildman–Crippen LogP) is 2.40. The van der Waals surface area contributed by atoms with Gasteiger partial charge in [-0.25, -0.2) is 0 Å². The molecule has 2 rings (SSSR count). The molecular weight excluding hydrogens is 172 g/mol. The van der Waals surface area contributed by atoms with Crippen LogP contribution in [0.25, 0.3) is 0 Å². The second-order valence-corrected chi connectivity index (χ2v) is 4.17. The van der Waals surface area contributed by atoms with Crippen molar-refractivity contribution >= 4 is 5.69 Å². The van der Waals surface area contributed by atoms with Crippen molar-refractivity contribution in [2.75, 3.05) is 25.1 Å². The number of nitrogens with one attached hydrogen (secondary N) is 1. The summed E-state index contributed by atoms with van der Waals surface area (Å²) < 4.78 is 0. The van der Waals surface area contributed by atoms with Crippen LogP contribution in [-0.4, -0.2) is 24.7 Å². The second kappa shape index (κ2) is 4.47. The van der Waals surface area contributed by atoms with Gasteiger partial charge in [0.05, 0.1) is 6.67 Å². The first-order valence-corrected chi connectivity index (χ1v) is 5.36. The first kappa shape index (κ1) is 9.53. The number of benzene rings is 1. The van der Waals surface area contributed by atoms with E-state index < -0.39 is 0 Å². The molecule has 0 bridgehead atoms. The van der Waals surface area contributed by atoms with Crippen LogP contribution in [0.3, 0.4) is 0 Å². The fourth-order valence-electron chi connectivity index (χ4n) is 1.93. The topological polar surface area (TPSA) is 15.3 Å². The van der Waals surface area contributed by atoms with Crippen molar-refractivity contribution in [3.8, 4) is 0 Å². The van der Waals surface area contributed by atoms with Gasteiger partial charge in [0.25, 0.3) is 0 Å². The molecule has 0 aliphatic carbocycles. The zero-order valence-corrected chi connectivity index (χ0v) is 8.74. The first-order chi connectivity index (χ1) is 6.84. The summed E-state index contributed by atoms with van der Waals surface area (Å²) in [5.41, 5.74) is 1.21. The van der Waals surface area contributed by atoms with Gasteiger partial charge in [0.15, 0.2) is 0 Å². The lowest BCUT2D eigenvalue weighted by Gasteiger charge is -2.16. The van der Waals surface area contributed by atoms with Crippen molar-refractivity contribution < 1.29 is 0 Å². The van der Waals surface area contributed by atoms with Crippen LogP contribution < -0.4 is 5.32 Å². The van der Waals surface area contributed by atoms with Crippen LogP contribution in [0.1, 0.15) is 13.3 Å². The van der Waals surface area contributed by atoms with Crippen molar-refractivity contribution in [3.05, 3.63) is 30.3 Å². The van der Waals surface area contributed by atoms with E-state index in [2.05, 4.69) is 41.4 Å². The lowest BCUT2D eigenvalue weighted by atomic mass is 10.2. The molecule has 1 heterocycles. The van der Waals surface area contributed by atoms with E-state index in [0.29, 0.717) is 0 Å². The van der Waals surface area contributed by atoms with Crippen LogP contribution in [0, 0.1) is 5.92 Å². The Kier molecular flexibility index (Phi) is 3.04. The molecular formula is C12H18N2. The Morgan fingerprint density at radius 2 is 2.14 bits per heavy atom. The third-order valence-corrected chi connectivity index (χ3v) is 2.79. The zero-order chi connectivity index (χ0) is 9.80. The summed E-state index contributed by atoms with van der Waals surface area (Å²) >= 11 is 0. The first-order valence-electron chi connectivity index (χ1n) is 5.36. The van der Waals surface area contributed by atoms with E-state index >= 15 is 0 Å². The van der Waals surface area contributed by atoms with Crippen LogP contribution in [0.2, 0.25) is 0 Å². The minimum absolute atomic E-state index is 0.868. The highest BCUT2D eigenvalue weighted by atomic mass is 15.2. The highest BCUT2D eigenvalue weighted by Gasteiger charge is 2.17. The van der Waals surface area contributed by atoms with E-state index in [1.165, 1.54) is 25.2 Å². The maximum atomic E-state index is 3.43. The largest absolute Gasteiger partial charge is 0.372 e. The van der Waals surface area contributed by atoms with Gasteiger partial charge in [-0.15, -0.1) is 0 Å². The van der Waals surface area contributed by atoms with Gasteiger partial charge in [-0.05, 0) is 24.5 Å². The maximum Gasteiger partial charge on any atom is 0.0678 e. The summed E-state index contributed by atoms with van der Waals surface area (Å²) in [6.45, 7) is 5.78. The number of anilines is 1. The van der Waals surface area contributed by atoms with Gasteiger partial charge < -0.3 is 5.32 Å². The molecule has 0 spiro atoms. The minimum atomic E-state index is 0.868. The van der Waals surface area contributed by atoms with Gasteiger partial charge >= 0.3 is 0 Å². The Morgan fingerprint density at radius 3 is 2.79 bits per heavy atom. The summed E-state index contributed by atoms with van der Waals surface area (Å²) in [6, 6.07) is 10.4. The number of hydrogen-bond donors (Lipinski definition) is 1. The smallest absolute Gasteiger partial charge is 0.0678 e. The Bertz CT molecular complexity index is 271. The molecule has 0 radical (unpaired) electrons. The van der Waals surface area contributed by atoms with Crippen molar-refractivity contribution in [1.29, 1.82) is 0 Å². The fraction of sp³-hybridized carbons (Fsp3) is 0.500. The number of rotatable bonds is 3. The van der Waals surface area contributed by atoms with Crippen LogP contribution >= 0.6 is 0 Å². The lowest BCUT2D eigenvalue weighted by Crippen LogP contribution is -2.26. The van der Waals surface area contributed by atoms with Crippen molar-refractivity contribution in [1.82, 2.24) is 4.90 Å². The average Bonchev–Trinajstić information content (AvgIpc) is 2.63. The zero-order valence-electron chi connectivity index (χ0n) is 8.74. The van der Waals surface area contributed by atoms with Crippen molar-refractivity contribution in [2.24, 2.45) is 5.92 Å². The van der Waals surface area contributed by atoms with Gasteiger partial charge in [0, 0.05) is 18.8 Å². The molecule has 1 aliphatic heterocycles. The molecule has 1 saturated heterocycles. The molecule has 2 nitrogen and oxygen atoms in total. The van der Waals surface area contributed by atoms with E-state index in [1.54, 1.807) is 0 Å². The Balaban J connectivity index is 1.78. The third-order valence-electron chi connectivity index (χ3n) is 2.79. The molecule has 0 amide bonds. The summed E-state index contributed by atoms with van der Waals surface area (Å²) in [5, 5.41) is 3.43. The Labute approximate surface area is 85.9 Å². The molecule has 76 valence electrons. The summed E-state index contributed by atoms with van der Waals surface area (Å²) in [7, 11) is 0. The SMILES string of the molecule is CC1CCN(CNc2ccccc2)C1. The molecule has 2 heteroatoms. The van der Waals surface area contributed by atoms with Crippen LogP contribution in [0.5, 0.6) is 0 Å². The number of nitrogens with zero attached hydrogens (tertiary/aromatic N) is 1. The number of para-hydroxylation sites is 1. The van der Waals surface area contributed by atoms with E-state index in [-0.39, 0.29) is 0 Å². The predicted molar refractivity (Wildman–Crippen MR) is 60.3 cm³/mol. The summed E-state index contributed by atoms with van der Waals surface area (Å²) in [4.78, 5) is 2.47. The maximum absolute atomic E-state index is 3.43. The normalized spacial score (nSPS) is 22.5. The molecule has 1 atom stereocenters. The van der Waals surface area contributed by atoms with Gasteiger partial charge in [0.1, 0.15) is 0 Å². The average molecular weight is 190 g/mol. The lowest BCUT2D eigenvalue weighted by molar-refractivity contribution is 0.352. The van der Waals surface area contributed by atoms with Gasteiger partial charge in [0.2, 0.25) is 0 Å². The van der Waals surface area contributed by atoms with E-state index in [0.717, 1.165) is 12.6 Å². The van der Waals surface area contributed by atoms with E-state index in [9.17, 15) is 0 Å². The second-order valence-electron chi connectivity index (χ2n) is 4.17. The molecule has 1 aromatic rings. The summed E-state index contributed by atoms with van der Waals surface area (Å²) in [6.07, 6.45) is 1.34. The van der Waals surface area contributed by atoms with E-state index in [1.807, 2.05) is 6.07 Å². The van der Waals surface area contributed by atoms with Crippen LogP contribution in [0.4, 0.5) is 5.69 Å². The molecule has 14 heavy (non-hydrogen) atoms. The summed E-state index contributed by atoms with van der Waals surface area (Å²) in [5.74, 6) is 0.868. The number of likely N-dealkylation sites (tertiary alicyclic amines) is 1. The van der Waals surface area contributed by atoms with Crippen molar-refractivity contribution in [2.45, 2.75) is 13.3 Å². The van der Waals surface area contributed by atoms with Crippen LogP contribution in [-0.2, 0) is 0 Å². The molecule has 1 fully saturated rings. The van der Waals surface area contributed by atoms with Crippen molar-refractivity contribution in [3.63, 3.8) is 0 Å². The van der Waals surface area contributed by atoms with Gasteiger partial charge in [-0.2, -0.15) is 0 Å². The van der Waals surface area contributed by atoms with E-state index in [4.69, 9.17) is 0 Å². The third kappa shape index (κ3) is 2.48. The standard InChI is InChI=1S/C12H18N2/c1-11-7-8-14(9-11)10-13-12-5-3-2-4-6-12/h2-6,11,13H,7-10H2,1H3.